The highest BCUT2D eigenvalue weighted by Gasteiger charge is 2.35. The number of imide groups is 1. The fourth-order valence-corrected chi connectivity index (χ4v) is 2.57. The lowest BCUT2D eigenvalue weighted by molar-refractivity contribution is 0.0671. The molecule has 0 unspecified atom stereocenters. The predicted octanol–water partition coefficient (Wildman–Crippen LogP) is 3.34. The van der Waals surface area contributed by atoms with Crippen molar-refractivity contribution in [3.8, 4) is 5.75 Å². The minimum absolute atomic E-state index is 0.117. The summed E-state index contributed by atoms with van der Waals surface area (Å²) in [5, 5.41) is 0.301. The van der Waals surface area contributed by atoms with Crippen molar-refractivity contribution in [3.05, 3.63) is 76.8 Å². The molecule has 6 heteroatoms. The normalized spacial score (nSPS) is 13.0. The highest BCUT2D eigenvalue weighted by atomic mass is 35.5. The number of fused-ring (bicyclic) bond motifs is 1. The van der Waals surface area contributed by atoms with Crippen LogP contribution in [0, 0.1) is 0 Å². The Morgan fingerprint density at radius 3 is 2.54 bits per heavy atom. The SMILES string of the molecule is C=CCN1C(=O)c2ccc(C(=O)Oc3ccccc3Cl)cc2C1=O. The number of hydrogen-bond donors (Lipinski definition) is 0. The average Bonchev–Trinajstić information content (AvgIpc) is 2.82. The van der Waals surface area contributed by atoms with Crippen LogP contribution in [0.4, 0.5) is 0 Å². The second-order valence-corrected chi connectivity index (χ2v) is 5.50. The molecule has 0 radical (unpaired) electrons. The van der Waals surface area contributed by atoms with E-state index < -0.39 is 17.8 Å². The van der Waals surface area contributed by atoms with Gasteiger partial charge in [0.25, 0.3) is 11.8 Å². The van der Waals surface area contributed by atoms with E-state index in [2.05, 4.69) is 6.58 Å². The van der Waals surface area contributed by atoms with Crippen molar-refractivity contribution < 1.29 is 19.1 Å². The summed E-state index contributed by atoms with van der Waals surface area (Å²) in [5.41, 5.74) is 0.599. The molecule has 1 aliphatic heterocycles. The number of hydrogen-bond acceptors (Lipinski definition) is 4. The summed E-state index contributed by atoms with van der Waals surface area (Å²) in [5.74, 6) is -1.29. The number of ether oxygens (including phenoxy) is 1. The summed E-state index contributed by atoms with van der Waals surface area (Å²) in [7, 11) is 0. The van der Waals surface area contributed by atoms with Crippen LogP contribution >= 0.6 is 11.6 Å². The zero-order valence-electron chi connectivity index (χ0n) is 12.5. The minimum atomic E-state index is -0.659. The van der Waals surface area contributed by atoms with Crippen LogP contribution in [0.15, 0.2) is 55.1 Å². The second kappa shape index (κ2) is 6.29. The van der Waals surface area contributed by atoms with Gasteiger partial charge >= 0.3 is 5.97 Å². The van der Waals surface area contributed by atoms with Gasteiger partial charge in [0, 0.05) is 6.54 Å². The van der Waals surface area contributed by atoms with Gasteiger partial charge in [-0.2, -0.15) is 0 Å². The molecule has 0 aromatic heterocycles. The Hall–Kier alpha value is -2.92. The molecule has 2 aromatic rings. The zero-order valence-corrected chi connectivity index (χ0v) is 13.2. The maximum absolute atomic E-state index is 12.3. The molecule has 0 spiro atoms. The Kier molecular flexibility index (Phi) is 4.18. The summed E-state index contributed by atoms with van der Waals surface area (Å²) in [6.07, 6.45) is 1.47. The van der Waals surface area contributed by atoms with E-state index >= 15 is 0 Å². The first-order chi connectivity index (χ1) is 11.5. The Morgan fingerprint density at radius 1 is 1.12 bits per heavy atom. The van der Waals surface area contributed by atoms with Crippen molar-refractivity contribution in [1.82, 2.24) is 4.90 Å². The molecule has 24 heavy (non-hydrogen) atoms. The van der Waals surface area contributed by atoms with Crippen LogP contribution in [-0.4, -0.2) is 29.2 Å². The molecule has 0 fully saturated rings. The van der Waals surface area contributed by atoms with E-state index in [-0.39, 0.29) is 29.0 Å². The maximum atomic E-state index is 12.3. The number of para-hydroxylation sites is 1. The number of carbonyl (C=O) groups excluding carboxylic acids is 3. The molecule has 0 N–H and O–H groups in total. The quantitative estimate of drug-likeness (QED) is 0.370. The molecule has 1 heterocycles. The maximum Gasteiger partial charge on any atom is 0.343 e. The molecule has 0 bridgehead atoms. The van der Waals surface area contributed by atoms with Crippen molar-refractivity contribution >= 4 is 29.4 Å². The molecule has 0 saturated heterocycles. The van der Waals surface area contributed by atoms with Gasteiger partial charge in [-0.1, -0.05) is 29.8 Å². The smallest absolute Gasteiger partial charge is 0.343 e. The van der Waals surface area contributed by atoms with Crippen LogP contribution in [0.2, 0.25) is 5.02 Å². The number of benzene rings is 2. The second-order valence-electron chi connectivity index (χ2n) is 5.09. The largest absolute Gasteiger partial charge is 0.421 e. The highest BCUT2D eigenvalue weighted by molar-refractivity contribution is 6.32. The van der Waals surface area contributed by atoms with E-state index in [0.717, 1.165) is 4.90 Å². The van der Waals surface area contributed by atoms with Crippen molar-refractivity contribution in [2.75, 3.05) is 6.54 Å². The summed E-state index contributed by atoms with van der Waals surface area (Å²) >= 11 is 5.95. The van der Waals surface area contributed by atoms with Gasteiger partial charge in [-0.05, 0) is 30.3 Å². The molecule has 2 amide bonds. The Morgan fingerprint density at radius 2 is 1.83 bits per heavy atom. The van der Waals surface area contributed by atoms with Crippen LogP contribution < -0.4 is 4.74 Å². The van der Waals surface area contributed by atoms with Crippen LogP contribution in [-0.2, 0) is 0 Å². The number of amides is 2. The van der Waals surface area contributed by atoms with Gasteiger partial charge in [-0.25, -0.2) is 4.79 Å². The molecule has 0 atom stereocenters. The molecule has 2 aromatic carbocycles. The first-order valence-electron chi connectivity index (χ1n) is 7.10. The fraction of sp³-hybridized carbons (Fsp3) is 0.0556. The van der Waals surface area contributed by atoms with Crippen molar-refractivity contribution in [2.45, 2.75) is 0 Å². The number of rotatable bonds is 4. The first kappa shape index (κ1) is 16.0. The van der Waals surface area contributed by atoms with Crippen molar-refractivity contribution in [2.24, 2.45) is 0 Å². The highest BCUT2D eigenvalue weighted by Crippen LogP contribution is 2.26. The number of nitrogens with zero attached hydrogens (tertiary/aromatic N) is 1. The molecule has 0 aliphatic carbocycles. The van der Waals surface area contributed by atoms with Gasteiger partial charge in [0.15, 0.2) is 0 Å². The zero-order chi connectivity index (χ0) is 17.3. The molecule has 0 saturated carbocycles. The fourth-order valence-electron chi connectivity index (χ4n) is 2.40. The van der Waals surface area contributed by atoms with E-state index in [1.54, 1.807) is 24.3 Å². The monoisotopic (exact) mass is 341 g/mol. The topological polar surface area (TPSA) is 63.7 Å². The number of carbonyl (C=O) groups is 3. The standard InChI is InChI=1S/C18H12ClNO4/c1-2-9-20-16(21)12-8-7-11(10-13(12)17(20)22)18(23)24-15-6-4-3-5-14(15)19/h2-8,10H,1,9H2. The van der Waals surface area contributed by atoms with Gasteiger partial charge in [-0.3, -0.25) is 14.5 Å². The molecular weight excluding hydrogens is 330 g/mol. The van der Waals surface area contributed by atoms with Crippen LogP contribution in [0.1, 0.15) is 31.1 Å². The van der Waals surface area contributed by atoms with Crippen LogP contribution in [0.5, 0.6) is 5.75 Å². The van der Waals surface area contributed by atoms with Gasteiger partial charge in [0.05, 0.1) is 21.7 Å². The Labute approximate surface area is 143 Å². The minimum Gasteiger partial charge on any atom is -0.421 e. The lowest BCUT2D eigenvalue weighted by Crippen LogP contribution is -2.29. The van der Waals surface area contributed by atoms with E-state index in [1.165, 1.54) is 24.3 Å². The summed E-state index contributed by atoms with van der Waals surface area (Å²) < 4.78 is 5.23. The van der Waals surface area contributed by atoms with Gasteiger partial charge in [0.2, 0.25) is 0 Å². The van der Waals surface area contributed by atoms with E-state index in [0.29, 0.717) is 5.02 Å². The average molecular weight is 342 g/mol. The summed E-state index contributed by atoms with van der Waals surface area (Å²) in [6.45, 7) is 3.64. The number of esters is 1. The van der Waals surface area contributed by atoms with Crippen LogP contribution in [0.25, 0.3) is 0 Å². The molecular formula is C18H12ClNO4. The molecule has 1 aliphatic rings. The van der Waals surface area contributed by atoms with Gasteiger partial charge in [0.1, 0.15) is 5.75 Å². The van der Waals surface area contributed by atoms with Gasteiger partial charge in [-0.15, -0.1) is 6.58 Å². The van der Waals surface area contributed by atoms with E-state index in [4.69, 9.17) is 16.3 Å². The first-order valence-corrected chi connectivity index (χ1v) is 7.48. The lowest BCUT2D eigenvalue weighted by atomic mass is 10.1. The Balaban J connectivity index is 1.89. The summed E-state index contributed by atoms with van der Waals surface area (Å²) in [4.78, 5) is 37.7. The molecule has 3 rings (SSSR count). The van der Waals surface area contributed by atoms with Crippen molar-refractivity contribution in [3.63, 3.8) is 0 Å². The van der Waals surface area contributed by atoms with E-state index in [9.17, 15) is 14.4 Å². The molecule has 5 nitrogen and oxygen atoms in total. The predicted molar refractivity (Wildman–Crippen MR) is 88.4 cm³/mol. The van der Waals surface area contributed by atoms with E-state index in [1.807, 2.05) is 0 Å². The lowest BCUT2D eigenvalue weighted by Gasteiger charge is -2.09. The number of halogens is 1. The summed E-state index contributed by atoms with van der Waals surface area (Å²) in [6, 6.07) is 10.8. The third-order valence-corrected chi connectivity index (χ3v) is 3.87. The van der Waals surface area contributed by atoms with Crippen LogP contribution in [0.3, 0.4) is 0 Å². The Bertz CT molecular complexity index is 875. The third kappa shape index (κ3) is 2.70. The van der Waals surface area contributed by atoms with Crippen molar-refractivity contribution in [1.29, 1.82) is 0 Å². The third-order valence-electron chi connectivity index (χ3n) is 3.56. The van der Waals surface area contributed by atoms with Gasteiger partial charge < -0.3 is 4.74 Å². The molecule has 120 valence electrons.